The first-order chi connectivity index (χ1) is 8.93. The molecule has 0 fully saturated rings. The highest BCUT2D eigenvalue weighted by Crippen LogP contribution is 2.21. The van der Waals surface area contributed by atoms with Crippen LogP contribution < -0.4 is 0 Å². The standard InChI is InChI=1S/C13H9N5/c1-2-4-9(5-3-1)13-17-16-11-8-15-12-10(18(11)13)6-7-14-12/h1-8,14H. The quantitative estimate of drug-likeness (QED) is 0.550. The lowest BCUT2D eigenvalue weighted by molar-refractivity contribution is 1.12. The summed E-state index contributed by atoms with van der Waals surface area (Å²) in [4.78, 5) is 7.39. The van der Waals surface area contributed by atoms with Crippen molar-refractivity contribution in [1.82, 2.24) is 24.6 Å². The van der Waals surface area contributed by atoms with Crippen LogP contribution in [0.25, 0.3) is 28.2 Å². The van der Waals surface area contributed by atoms with Crippen LogP contribution in [0.1, 0.15) is 0 Å². The van der Waals surface area contributed by atoms with Crippen molar-refractivity contribution in [3.8, 4) is 11.4 Å². The van der Waals surface area contributed by atoms with Crippen molar-refractivity contribution >= 4 is 16.8 Å². The van der Waals surface area contributed by atoms with Gasteiger partial charge in [-0.1, -0.05) is 30.3 Å². The molecular formula is C13H9N5. The van der Waals surface area contributed by atoms with E-state index in [0.29, 0.717) is 0 Å². The van der Waals surface area contributed by atoms with Crippen LogP contribution in [-0.4, -0.2) is 24.6 Å². The van der Waals surface area contributed by atoms with Crippen molar-refractivity contribution in [3.05, 3.63) is 48.8 Å². The molecule has 0 amide bonds. The fraction of sp³-hybridized carbons (Fsp3) is 0. The third kappa shape index (κ3) is 1.18. The van der Waals surface area contributed by atoms with Crippen LogP contribution in [0.15, 0.2) is 48.8 Å². The van der Waals surface area contributed by atoms with E-state index in [9.17, 15) is 0 Å². The third-order valence-corrected chi connectivity index (χ3v) is 2.97. The molecule has 4 rings (SSSR count). The maximum absolute atomic E-state index is 4.30. The minimum absolute atomic E-state index is 0.751. The van der Waals surface area contributed by atoms with Gasteiger partial charge in [-0.15, -0.1) is 10.2 Å². The zero-order valence-electron chi connectivity index (χ0n) is 9.41. The summed E-state index contributed by atoms with van der Waals surface area (Å²) >= 11 is 0. The fourth-order valence-electron chi connectivity index (χ4n) is 2.15. The molecule has 0 spiro atoms. The average molecular weight is 235 g/mol. The van der Waals surface area contributed by atoms with Crippen molar-refractivity contribution < 1.29 is 0 Å². The highest BCUT2D eigenvalue weighted by Gasteiger charge is 2.11. The summed E-state index contributed by atoms with van der Waals surface area (Å²) in [5.74, 6) is 0.831. The minimum Gasteiger partial charge on any atom is -0.345 e. The number of nitrogens with one attached hydrogen (secondary N) is 1. The second-order valence-electron chi connectivity index (χ2n) is 4.05. The Kier molecular flexibility index (Phi) is 1.77. The zero-order valence-corrected chi connectivity index (χ0v) is 9.41. The molecule has 3 aromatic heterocycles. The molecule has 0 saturated heterocycles. The smallest absolute Gasteiger partial charge is 0.180 e. The highest BCUT2D eigenvalue weighted by molar-refractivity contribution is 5.77. The van der Waals surface area contributed by atoms with Crippen molar-refractivity contribution in [2.75, 3.05) is 0 Å². The summed E-state index contributed by atoms with van der Waals surface area (Å²) in [6.45, 7) is 0. The van der Waals surface area contributed by atoms with E-state index in [1.807, 2.05) is 47.0 Å². The lowest BCUT2D eigenvalue weighted by Crippen LogP contribution is -1.92. The average Bonchev–Trinajstić information content (AvgIpc) is 3.05. The summed E-state index contributed by atoms with van der Waals surface area (Å²) < 4.78 is 2.01. The summed E-state index contributed by atoms with van der Waals surface area (Å²) in [6, 6.07) is 12.0. The van der Waals surface area contributed by atoms with Crippen LogP contribution in [0.2, 0.25) is 0 Å². The predicted molar refractivity (Wildman–Crippen MR) is 68.1 cm³/mol. The normalized spacial score (nSPS) is 11.3. The van der Waals surface area contributed by atoms with Gasteiger partial charge in [0.05, 0.1) is 11.7 Å². The van der Waals surface area contributed by atoms with Crippen molar-refractivity contribution in [3.63, 3.8) is 0 Å². The van der Waals surface area contributed by atoms with Gasteiger partial charge in [0, 0.05) is 11.8 Å². The fourth-order valence-corrected chi connectivity index (χ4v) is 2.15. The minimum atomic E-state index is 0.751. The Morgan fingerprint density at radius 1 is 1.00 bits per heavy atom. The Morgan fingerprint density at radius 2 is 1.89 bits per heavy atom. The van der Waals surface area contributed by atoms with E-state index in [1.54, 1.807) is 6.20 Å². The van der Waals surface area contributed by atoms with Crippen LogP contribution >= 0.6 is 0 Å². The molecule has 0 aliphatic heterocycles. The molecule has 4 aromatic rings. The molecule has 86 valence electrons. The summed E-state index contributed by atoms with van der Waals surface area (Å²) in [5, 5.41) is 8.42. The molecule has 0 aliphatic carbocycles. The maximum atomic E-state index is 4.30. The van der Waals surface area contributed by atoms with E-state index in [2.05, 4.69) is 20.2 Å². The summed E-state index contributed by atoms with van der Waals surface area (Å²) in [7, 11) is 0. The number of aromatic nitrogens is 5. The van der Waals surface area contributed by atoms with Gasteiger partial charge in [0.1, 0.15) is 0 Å². The number of benzene rings is 1. The lowest BCUT2D eigenvalue weighted by atomic mass is 10.2. The first-order valence-corrected chi connectivity index (χ1v) is 5.66. The Hall–Kier alpha value is -2.69. The van der Waals surface area contributed by atoms with Gasteiger partial charge >= 0.3 is 0 Å². The lowest BCUT2D eigenvalue weighted by Gasteiger charge is -2.00. The van der Waals surface area contributed by atoms with E-state index in [4.69, 9.17) is 0 Å². The first kappa shape index (κ1) is 9.35. The second-order valence-corrected chi connectivity index (χ2v) is 4.05. The van der Waals surface area contributed by atoms with Crippen LogP contribution in [0, 0.1) is 0 Å². The van der Waals surface area contributed by atoms with Gasteiger partial charge < -0.3 is 4.98 Å². The van der Waals surface area contributed by atoms with E-state index >= 15 is 0 Å². The summed E-state index contributed by atoms with van der Waals surface area (Å²) in [6.07, 6.45) is 3.59. The number of aromatic amines is 1. The van der Waals surface area contributed by atoms with Gasteiger partial charge in [0.2, 0.25) is 0 Å². The van der Waals surface area contributed by atoms with E-state index < -0.39 is 0 Å². The number of fused-ring (bicyclic) bond motifs is 3. The monoisotopic (exact) mass is 235 g/mol. The van der Waals surface area contributed by atoms with Gasteiger partial charge in [-0.2, -0.15) is 0 Å². The molecule has 0 aliphatic rings. The highest BCUT2D eigenvalue weighted by atomic mass is 15.3. The van der Waals surface area contributed by atoms with Crippen molar-refractivity contribution in [1.29, 1.82) is 0 Å². The molecule has 5 heteroatoms. The molecule has 0 radical (unpaired) electrons. The zero-order chi connectivity index (χ0) is 11.9. The molecule has 0 bridgehead atoms. The Labute approximate surface area is 102 Å². The van der Waals surface area contributed by atoms with Crippen molar-refractivity contribution in [2.24, 2.45) is 0 Å². The van der Waals surface area contributed by atoms with Gasteiger partial charge in [-0.25, -0.2) is 4.98 Å². The Morgan fingerprint density at radius 3 is 2.78 bits per heavy atom. The maximum Gasteiger partial charge on any atom is 0.180 e. The van der Waals surface area contributed by atoms with Crippen molar-refractivity contribution in [2.45, 2.75) is 0 Å². The largest absolute Gasteiger partial charge is 0.345 e. The molecule has 0 atom stereocenters. The number of rotatable bonds is 1. The number of nitrogens with zero attached hydrogens (tertiary/aromatic N) is 4. The first-order valence-electron chi connectivity index (χ1n) is 5.66. The van der Waals surface area contributed by atoms with Crippen LogP contribution in [0.5, 0.6) is 0 Å². The van der Waals surface area contributed by atoms with Crippen LogP contribution in [0.4, 0.5) is 0 Å². The molecule has 1 N–H and O–H groups in total. The van der Waals surface area contributed by atoms with Gasteiger partial charge in [-0.05, 0) is 6.07 Å². The van der Waals surface area contributed by atoms with Crippen LogP contribution in [-0.2, 0) is 0 Å². The predicted octanol–water partition coefficient (Wildman–Crippen LogP) is 2.27. The van der Waals surface area contributed by atoms with E-state index in [1.165, 1.54) is 0 Å². The van der Waals surface area contributed by atoms with Gasteiger partial charge in [0.15, 0.2) is 17.1 Å². The second kappa shape index (κ2) is 3.40. The Balaban J connectivity index is 2.15. The van der Waals surface area contributed by atoms with Gasteiger partial charge in [-0.3, -0.25) is 4.40 Å². The van der Waals surface area contributed by atoms with E-state index in [0.717, 1.165) is 28.2 Å². The number of hydrogen-bond acceptors (Lipinski definition) is 3. The number of hydrogen-bond donors (Lipinski definition) is 1. The molecule has 1 aromatic carbocycles. The molecular weight excluding hydrogens is 226 g/mol. The topological polar surface area (TPSA) is 58.9 Å². The number of H-pyrrole nitrogens is 1. The summed E-state index contributed by atoms with van der Waals surface area (Å²) in [5.41, 5.74) is 3.61. The molecule has 5 nitrogen and oxygen atoms in total. The SMILES string of the molecule is c1ccc(-c2nnc3cnc4[nH]ccc4n23)cc1. The van der Waals surface area contributed by atoms with Crippen LogP contribution in [0.3, 0.4) is 0 Å². The van der Waals surface area contributed by atoms with E-state index in [-0.39, 0.29) is 0 Å². The molecule has 0 saturated carbocycles. The third-order valence-electron chi connectivity index (χ3n) is 2.97. The molecule has 18 heavy (non-hydrogen) atoms. The van der Waals surface area contributed by atoms with Gasteiger partial charge in [0.25, 0.3) is 0 Å². The molecule has 3 heterocycles. The Bertz CT molecular complexity index is 828. The molecule has 0 unspecified atom stereocenters.